The minimum absolute atomic E-state index is 0.0963. The Labute approximate surface area is 183 Å². The molecule has 164 valence electrons. The van der Waals surface area contributed by atoms with E-state index < -0.39 is 0 Å². The first-order chi connectivity index (χ1) is 15.0. The zero-order valence-corrected chi connectivity index (χ0v) is 18.4. The maximum Gasteiger partial charge on any atom is 0.225 e. The van der Waals surface area contributed by atoms with Crippen LogP contribution in [0.15, 0.2) is 31.0 Å². The van der Waals surface area contributed by atoms with E-state index in [1.807, 2.05) is 23.2 Å². The number of pyridine rings is 2. The summed E-state index contributed by atoms with van der Waals surface area (Å²) in [6.45, 7) is 8.41. The Morgan fingerprint density at radius 1 is 1.35 bits per heavy atom. The molecule has 1 aliphatic carbocycles. The van der Waals surface area contributed by atoms with Gasteiger partial charge < -0.3 is 20.3 Å². The average molecular weight is 422 g/mol. The molecule has 0 bridgehead atoms. The average Bonchev–Trinajstić information content (AvgIpc) is 3.62. The van der Waals surface area contributed by atoms with Crippen LogP contribution in [0.3, 0.4) is 0 Å². The number of aromatic nitrogens is 2. The van der Waals surface area contributed by atoms with Gasteiger partial charge in [0, 0.05) is 56.0 Å². The van der Waals surface area contributed by atoms with Crippen molar-refractivity contribution in [2.45, 2.75) is 38.1 Å². The molecule has 0 spiro atoms. The van der Waals surface area contributed by atoms with Gasteiger partial charge in [-0.25, -0.2) is 4.98 Å². The second-order valence-electron chi connectivity index (χ2n) is 8.41. The second kappa shape index (κ2) is 9.06. The van der Waals surface area contributed by atoms with Crippen molar-refractivity contribution >= 4 is 23.5 Å². The zero-order chi connectivity index (χ0) is 22.0. The largest absolute Gasteiger partial charge is 0.396 e. The molecule has 1 saturated heterocycles. The number of nitrogens with two attached hydrogens (primary N) is 1. The second-order valence-corrected chi connectivity index (χ2v) is 8.41. The third-order valence-electron chi connectivity index (χ3n) is 6.10. The number of hydrogen-bond acceptors (Lipinski definition) is 6. The van der Waals surface area contributed by atoms with Crippen LogP contribution in [0, 0.1) is 0 Å². The number of carbonyl (C=O) groups excluding carboxylic acids is 1. The maximum atomic E-state index is 12.5. The normalized spacial score (nSPS) is 18.8. The number of amides is 1. The smallest absolute Gasteiger partial charge is 0.225 e. The predicted octanol–water partition coefficient (Wildman–Crippen LogP) is 3.32. The van der Waals surface area contributed by atoms with Crippen LogP contribution < -0.4 is 10.6 Å². The fourth-order valence-corrected chi connectivity index (χ4v) is 4.22. The van der Waals surface area contributed by atoms with Crippen LogP contribution in [0.5, 0.6) is 0 Å². The fraction of sp³-hybridized carbons (Fsp3) is 0.458. The van der Waals surface area contributed by atoms with Crippen LogP contribution in [0.2, 0.25) is 0 Å². The SMILES string of the molecule is C=Cc1ccc(-c2cc(N)c(N3CCN(C(=O)CCOC)[C@H](C)C3)nc2C2CC2)cn1. The third kappa shape index (κ3) is 4.56. The molecule has 2 aromatic heterocycles. The summed E-state index contributed by atoms with van der Waals surface area (Å²) in [6, 6.07) is 6.16. The third-order valence-corrected chi connectivity index (χ3v) is 6.10. The van der Waals surface area contributed by atoms with Crippen LogP contribution in [-0.2, 0) is 9.53 Å². The summed E-state index contributed by atoms with van der Waals surface area (Å²) in [6.07, 6.45) is 6.33. The Morgan fingerprint density at radius 2 is 2.16 bits per heavy atom. The van der Waals surface area contributed by atoms with Crippen molar-refractivity contribution in [1.29, 1.82) is 0 Å². The quantitative estimate of drug-likeness (QED) is 0.738. The standard InChI is InChI=1S/C24H31N5O2/c1-4-19-8-7-18(14-26-19)20-13-21(25)24(27-23(20)17-5-6-17)28-10-11-29(16(2)15-28)22(30)9-12-31-3/h4,7-8,13-14,16-17H,1,5-6,9-12,15,25H2,2-3H3/t16-/m1/s1. The first-order valence-electron chi connectivity index (χ1n) is 10.9. The van der Waals surface area contributed by atoms with Gasteiger partial charge in [0.1, 0.15) is 0 Å². The molecule has 0 aromatic carbocycles. The van der Waals surface area contributed by atoms with E-state index in [-0.39, 0.29) is 11.9 Å². The van der Waals surface area contributed by atoms with Gasteiger partial charge >= 0.3 is 0 Å². The molecular weight excluding hydrogens is 390 g/mol. The highest BCUT2D eigenvalue weighted by atomic mass is 16.5. The summed E-state index contributed by atoms with van der Waals surface area (Å²) in [7, 11) is 1.62. The number of ether oxygens (including phenoxy) is 1. The number of nitrogen functional groups attached to an aromatic ring is 1. The van der Waals surface area contributed by atoms with Crippen molar-refractivity contribution in [3.63, 3.8) is 0 Å². The summed E-state index contributed by atoms with van der Waals surface area (Å²) in [5.74, 6) is 1.44. The van der Waals surface area contributed by atoms with Gasteiger partial charge in [-0.2, -0.15) is 0 Å². The van der Waals surface area contributed by atoms with Crippen molar-refractivity contribution in [3.8, 4) is 11.1 Å². The molecule has 2 aromatic rings. The molecule has 7 heteroatoms. The highest BCUT2D eigenvalue weighted by Crippen LogP contribution is 2.45. The van der Waals surface area contributed by atoms with Gasteiger partial charge in [-0.05, 0) is 38.0 Å². The first-order valence-corrected chi connectivity index (χ1v) is 10.9. The number of anilines is 2. The zero-order valence-electron chi connectivity index (χ0n) is 18.4. The number of carbonyl (C=O) groups is 1. The molecule has 1 saturated carbocycles. The summed E-state index contributed by atoms with van der Waals surface area (Å²) >= 11 is 0. The van der Waals surface area contributed by atoms with Crippen LogP contribution in [-0.4, -0.2) is 60.2 Å². The van der Waals surface area contributed by atoms with Crippen molar-refractivity contribution in [2.24, 2.45) is 0 Å². The van der Waals surface area contributed by atoms with Gasteiger partial charge in [0.15, 0.2) is 5.82 Å². The molecule has 2 aliphatic rings. The molecule has 1 amide bonds. The Bertz CT molecular complexity index is 955. The summed E-state index contributed by atoms with van der Waals surface area (Å²) in [4.78, 5) is 26.1. The monoisotopic (exact) mass is 421 g/mol. The van der Waals surface area contributed by atoms with E-state index in [1.54, 1.807) is 13.2 Å². The first kappa shape index (κ1) is 21.3. The van der Waals surface area contributed by atoms with Gasteiger partial charge in [-0.15, -0.1) is 0 Å². The van der Waals surface area contributed by atoms with Crippen LogP contribution in [0.25, 0.3) is 17.2 Å². The van der Waals surface area contributed by atoms with E-state index >= 15 is 0 Å². The Kier molecular flexibility index (Phi) is 6.23. The van der Waals surface area contributed by atoms with E-state index in [2.05, 4.69) is 29.5 Å². The lowest BCUT2D eigenvalue weighted by Gasteiger charge is -2.41. The van der Waals surface area contributed by atoms with Gasteiger partial charge in [-0.3, -0.25) is 9.78 Å². The van der Waals surface area contributed by atoms with Crippen LogP contribution in [0.1, 0.15) is 43.5 Å². The lowest BCUT2D eigenvalue weighted by atomic mass is 10.0. The molecule has 2 N–H and O–H groups in total. The minimum Gasteiger partial charge on any atom is -0.396 e. The molecule has 4 rings (SSSR count). The number of piperazine rings is 1. The van der Waals surface area contributed by atoms with Crippen molar-refractivity contribution in [1.82, 2.24) is 14.9 Å². The molecule has 31 heavy (non-hydrogen) atoms. The summed E-state index contributed by atoms with van der Waals surface area (Å²) in [5, 5.41) is 0. The summed E-state index contributed by atoms with van der Waals surface area (Å²) < 4.78 is 5.05. The Hall–Kier alpha value is -2.93. The molecule has 0 unspecified atom stereocenters. The van der Waals surface area contributed by atoms with Crippen LogP contribution in [0.4, 0.5) is 11.5 Å². The van der Waals surface area contributed by atoms with Gasteiger partial charge in [-0.1, -0.05) is 12.6 Å². The lowest BCUT2D eigenvalue weighted by Crippen LogP contribution is -2.54. The maximum absolute atomic E-state index is 12.5. The van der Waals surface area contributed by atoms with Gasteiger partial charge in [0.25, 0.3) is 0 Å². The summed E-state index contributed by atoms with van der Waals surface area (Å²) in [5.41, 5.74) is 11.2. The predicted molar refractivity (Wildman–Crippen MR) is 124 cm³/mol. The van der Waals surface area contributed by atoms with Crippen molar-refractivity contribution < 1.29 is 9.53 Å². The molecule has 3 heterocycles. The number of rotatable bonds is 7. The van der Waals surface area contributed by atoms with Crippen molar-refractivity contribution in [2.75, 3.05) is 44.0 Å². The number of hydrogen-bond donors (Lipinski definition) is 1. The van der Waals surface area contributed by atoms with Crippen LogP contribution >= 0.6 is 0 Å². The molecule has 7 nitrogen and oxygen atoms in total. The highest BCUT2D eigenvalue weighted by molar-refractivity contribution is 5.78. The number of methoxy groups -OCH3 is 1. The Morgan fingerprint density at radius 3 is 2.77 bits per heavy atom. The van der Waals surface area contributed by atoms with Gasteiger partial charge in [0.05, 0.1) is 30.1 Å². The van der Waals surface area contributed by atoms with E-state index in [4.69, 9.17) is 15.5 Å². The van der Waals surface area contributed by atoms with E-state index in [1.165, 1.54) is 0 Å². The molecule has 1 atom stereocenters. The molecule has 2 fully saturated rings. The molecule has 0 radical (unpaired) electrons. The number of nitrogens with zero attached hydrogens (tertiary/aromatic N) is 4. The van der Waals surface area contributed by atoms with E-state index in [9.17, 15) is 4.79 Å². The Balaban J connectivity index is 1.58. The van der Waals surface area contributed by atoms with E-state index in [0.717, 1.165) is 54.3 Å². The van der Waals surface area contributed by atoms with E-state index in [0.29, 0.717) is 31.2 Å². The fourth-order valence-electron chi connectivity index (χ4n) is 4.22. The van der Waals surface area contributed by atoms with Crippen molar-refractivity contribution in [3.05, 3.63) is 42.4 Å². The topological polar surface area (TPSA) is 84.6 Å². The minimum atomic E-state index is 0.0963. The lowest BCUT2D eigenvalue weighted by molar-refractivity contribution is -0.134. The molecular formula is C24H31N5O2. The molecule has 1 aliphatic heterocycles. The highest BCUT2D eigenvalue weighted by Gasteiger charge is 2.32. The van der Waals surface area contributed by atoms with Gasteiger partial charge in [0.2, 0.25) is 5.91 Å².